The van der Waals surface area contributed by atoms with Crippen molar-refractivity contribution in [2.24, 2.45) is 17.6 Å². The van der Waals surface area contributed by atoms with Crippen LogP contribution in [-0.2, 0) is 80.0 Å². The van der Waals surface area contributed by atoms with Crippen LogP contribution in [0.2, 0.25) is 0 Å². The molecule has 2 heterocycles. The highest BCUT2D eigenvalue weighted by Gasteiger charge is 2.39. The van der Waals surface area contributed by atoms with Crippen molar-refractivity contribution in [2.75, 3.05) is 67.8 Å². The molecule has 0 radical (unpaired) electrons. The zero-order valence-electron chi connectivity index (χ0n) is 82.1. The maximum atomic E-state index is 14.2. The van der Waals surface area contributed by atoms with Crippen molar-refractivity contribution in [3.63, 3.8) is 0 Å². The Kier molecular flexibility index (Phi) is 55.0. The van der Waals surface area contributed by atoms with E-state index < -0.39 is 182 Å². The first-order valence-electron chi connectivity index (χ1n) is 48.9. The summed E-state index contributed by atoms with van der Waals surface area (Å²) in [4.78, 5) is 191. The fourth-order valence-corrected chi connectivity index (χ4v) is 16.4. The summed E-state index contributed by atoms with van der Waals surface area (Å²) in [5.74, 6) is -12.0. The predicted molar refractivity (Wildman–Crippen MR) is 518 cm³/mol. The Hall–Kier alpha value is -10.8. The highest BCUT2D eigenvalue weighted by atomic mass is 16.4. The normalized spacial score (nSPS) is 17.0. The highest BCUT2D eigenvalue weighted by molar-refractivity contribution is 5.99. The number of phenolic OH excluding ortho intramolecular Hbond substituents is 4. The van der Waals surface area contributed by atoms with Crippen LogP contribution in [0.1, 0.15) is 294 Å². The molecule has 6 rings (SSSR count). The fraction of sp³-hybridized carbons (Fsp3) is 0.627. The number of aliphatic hydroxyl groups excluding tert-OH is 6. The number of hydrogen-bond acceptors (Lipinski definition) is 25. The number of phenols is 4. The number of hydrogen-bond donors (Lipinski definition) is 17. The van der Waals surface area contributed by atoms with Gasteiger partial charge in [-0.25, -0.2) is 4.79 Å². The van der Waals surface area contributed by atoms with E-state index in [4.69, 9.17) is 15.9 Å². The van der Waals surface area contributed by atoms with Crippen molar-refractivity contribution >= 4 is 82.3 Å². The second-order valence-electron chi connectivity index (χ2n) is 36.6. The van der Waals surface area contributed by atoms with Crippen LogP contribution in [0, 0.1) is 11.8 Å². The smallest absolute Gasteiger partial charge is 0.326 e. The van der Waals surface area contributed by atoms with E-state index in [9.17, 15) is 113 Å². The quantitative estimate of drug-likeness (QED) is 0.0183. The van der Waals surface area contributed by atoms with Gasteiger partial charge in [0.25, 0.3) is 0 Å². The number of nitrogens with one attached hydrogen (secondary N) is 5. The Labute approximate surface area is 806 Å². The van der Waals surface area contributed by atoms with Gasteiger partial charge in [-0.15, -0.1) is 0 Å². The van der Waals surface area contributed by atoms with Crippen molar-refractivity contribution in [1.82, 2.24) is 46.2 Å². The van der Waals surface area contributed by atoms with E-state index in [-0.39, 0.29) is 133 Å². The number of benzene rings is 4. The van der Waals surface area contributed by atoms with Crippen molar-refractivity contribution in [2.45, 2.75) is 333 Å². The molecule has 0 saturated heterocycles. The maximum absolute atomic E-state index is 14.2. The summed E-state index contributed by atoms with van der Waals surface area (Å²) in [6.45, 7) is 7.49. The van der Waals surface area contributed by atoms with Crippen LogP contribution < -0.4 is 32.3 Å². The molecule has 0 aromatic heterocycles. The number of carbonyl (C=O) groups is 14. The van der Waals surface area contributed by atoms with E-state index >= 15 is 0 Å². The summed E-state index contributed by atoms with van der Waals surface area (Å²) >= 11 is 0. The van der Waals surface area contributed by atoms with Crippen molar-refractivity contribution in [1.29, 1.82) is 0 Å². The minimum Gasteiger partial charge on any atom is -0.507 e. The minimum absolute atomic E-state index is 0.101. The van der Waals surface area contributed by atoms with Crippen molar-refractivity contribution < 1.29 is 123 Å². The lowest BCUT2D eigenvalue weighted by atomic mass is 9.89. The zero-order valence-corrected chi connectivity index (χ0v) is 82.1. The van der Waals surface area contributed by atoms with Gasteiger partial charge in [0.15, 0.2) is 23.1 Å². The molecule has 4 aromatic carbocycles. The molecular formula is C102H156N10O25. The number of likely N-dealkylation sites (N-methyl/N-ethyl adjacent to an activating group) is 4. The molecule has 0 saturated carbocycles. The Morgan fingerprint density at radius 3 is 1.00 bits per heavy atom. The highest BCUT2D eigenvalue weighted by Crippen LogP contribution is 2.42. The van der Waals surface area contributed by atoms with E-state index in [0.29, 0.717) is 24.0 Å². The van der Waals surface area contributed by atoms with Crippen LogP contribution in [-0.4, -0.2) is 274 Å². The summed E-state index contributed by atoms with van der Waals surface area (Å²) in [6, 6.07) is 5.64. The number of aliphatic carboxylic acids is 1. The molecular weight excluding hydrogens is 1770 g/mol. The van der Waals surface area contributed by atoms with Gasteiger partial charge in [0.1, 0.15) is 59.2 Å². The summed E-state index contributed by atoms with van der Waals surface area (Å²) in [7, 11) is 5.59. The molecule has 0 fully saturated rings. The number of rotatable bonds is 53. The van der Waals surface area contributed by atoms with Gasteiger partial charge in [0.2, 0.25) is 53.2 Å². The molecule has 0 aliphatic carbocycles. The van der Waals surface area contributed by atoms with Crippen LogP contribution >= 0.6 is 0 Å². The first kappa shape index (κ1) is 118. The molecule has 35 nitrogen and oxygen atoms in total. The number of fused-ring (bicyclic) bond motifs is 10. The molecule has 0 spiro atoms. The van der Waals surface area contributed by atoms with Gasteiger partial charge in [-0.1, -0.05) is 206 Å². The number of aromatic hydroxyl groups is 4. The molecule has 137 heavy (non-hydrogen) atoms. The number of amides is 9. The molecule has 764 valence electrons. The first-order valence-corrected chi connectivity index (χ1v) is 48.9. The largest absolute Gasteiger partial charge is 0.507 e. The lowest BCUT2D eigenvalue weighted by Crippen LogP contribution is -2.53. The number of unbranched alkanes of at least 4 members (excludes halogenated alkanes) is 24. The zero-order chi connectivity index (χ0) is 102. The molecule has 9 amide bonds. The monoisotopic (exact) mass is 1920 g/mol. The Morgan fingerprint density at radius 2 is 0.693 bits per heavy atom. The predicted octanol–water partition coefficient (Wildman–Crippen LogP) is 8.96. The lowest BCUT2D eigenvalue weighted by molar-refractivity contribution is -0.143. The second kappa shape index (κ2) is 63.6. The van der Waals surface area contributed by atoms with Crippen molar-refractivity contribution in [3.8, 4) is 45.3 Å². The molecule has 0 unspecified atom stereocenters. The SMILES string of the molecule is CCCCCCCCCCCCCCCC(=O)N(C)[C@H](CO)C(=O)N[C@H](C)C(=O)CCC(=O)N(C)[C@@H]1C(=O)C[C@@H](C)C(=O)N[C@H](C(=O)NC(CO)CO)Cc2ccc(O)c(c2)-c2cc1ccc2O.CCCCCCCCCCCCCCCC(=O)N(C)[C@H](CO)C(=O)N[C@H](C)C(=O)CCC(=O)N(C)[C@@H]1C(=O)C[C@@H](C)C(=O)N[C@H](C(=O)O)Cc2ccc(O)c(c2)-c2cc1ccc2O.NC(CO)CO. The lowest BCUT2D eigenvalue weighted by Gasteiger charge is -2.30. The van der Waals surface area contributed by atoms with Crippen LogP contribution in [0.4, 0.5) is 0 Å². The second-order valence-corrected chi connectivity index (χ2v) is 36.6. The number of carbonyl (C=O) groups excluding carboxylic acids is 13. The Morgan fingerprint density at radius 1 is 0.387 bits per heavy atom. The number of nitrogens with zero attached hydrogens (tertiary/aromatic N) is 4. The average molecular weight is 1920 g/mol. The number of Topliss-reactive ketones (excluding diaryl/α,β-unsaturated/α-hetero) is 4. The number of carboxylic acids is 1. The van der Waals surface area contributed by atoms with E-state index in [1.54, 1.807) is 0 Å². The summed E-state index contributed by atoms with van der Waals surface area (Å²) in [5.41, 5.74) is 6.81. The van der Waals surface area contributed by atoms with Crippen LogP contribution in [0.3, 0.4) is 0 Å². The summed E-state index contributed by atoms with van der Waals surface area (Å²) in [5, 5.41) is 122. The maximum Gasteiger partial charge on any atom is 0.326 e. The van der Waals surface area contributed by atoms with Gasteiger partial charge in [-0.3, -0.25) is 62.3 Å². The number of carboxylic acid groups (broad SMARTS) is 1. The number of ketones is 4. The third-order valence-corrected chi connectivity index (χ3v) is 25.4. The average Bonchev–Trinajstić information content (AvgIpc) is 0.788. The Balaban J connectivity index is 0.000000541. The third kappa shape index (κ3) is 40.3. The molecule has 35 heteroatoms. The molecule has 18 N–H and O–H groups in total. The van der Waals surface area contributed by atoms with Crippen LogP contribution in [0.15, 0.2) is 72.8 Å². The summed E-state index contributed by atoms with van der Waals surface area (Å²) in [6.07, 6.45) is 28.3. The first-order chi connectivity index (χ1) is 65.3. The van der Waals surface area contributed by atoms with E-state index in [1.807, 2.05) is 0 Å². The number of nitrogens with two attached hydrogens (primary N) is 1. The minimum atomic E-state index is -1.36. The van der Waals surface area contributed by atoms with Gasteiger partial charge < -0.3 is 108 Å². The van der Waals surface area contributed by atoms with Gasteiger partial charge >= 0.3 is 5.97 Å². The molecule has 10 atom stereocenters. The molecule has 8 bridgehead atoms. The Bertz CT molecular complexity index is 4520. The van der Waals surface area contributed by atoms with Gasteiger partial charge in [0.05, 0.1) is 63.8 Å². The summed E-state index contributed by atoms with van der Waals surface area (Å²) < 4.78 is 0. The van der Waals surface area contributed by atoms with E-state index in [0.717, 1.165) is 48.3 Å². The van der Waals surface area contributed by atoms with E-state index in [2.05, 4.69) is 40.4 Å². The number of aliphatic hydroxyl groups is 6. The third-order valence-electron chi connectivity index (χ3n) is 25.4. The fourth-order valence-electron chi connectivity index (χ4n) is 16.4. The van der Waals surface area contributed by atoms with Crippen molar-refractivity contribution in [3.05, 3.63) is 95.1 Å². The van der Waals surface area contributed by atoms with Crippen LogP contribution in [0.25, 0.3) is 22.3 Å². The van der Waals surface area contributed by atoms with Gasteiger partial charge in [-0.2, -0.15) is 0 Å². The molecule has 4 aromatic rings. The topological polar surface area (TPSA) is 561 Å². The van der Waals surface area contributed by atoms with Gasteiger partial charge in [0, 0.05) is 126 Å². The molecule has 2 aliphatic rings. The van der Waals surface area contributed by atoms with Crippen LogP contribution in [0.5, 0.6) is 23.0 Å². The van der Waals surface area contributed by atoms with Gasteiger partial charge in [-0.05, 0) is 97.5 Å². The molecule has 2 aliphatic heterocycles. The van der Waals surface area contributed by atoms with E-state index in [1.165, 1.54) is 254 Å². The standard InChI is InChI=1S/C51H77N5O12.C48H70N4O11.C3H9NO2/c1-6-7-8-9-10-11-12-13-14-15-16-17-18-19-46(64)55(4)41(32-59)51(68)52-34(3)42(60)24-25-47(65)56(5)48-36-21-23-44(62)39(29-36)38-27-35(20-22-43(38)61)28-40(50(67)53-37(30-57)31-58)54-49(66)33(2)26-45(48)63;1-6-7-8-9-10-11-12-13-14-15-16-17-18-19-43(58)51(4)38(30-53)47(61)49-32(3)39(54)24-25-44(59)52(5)45-34-21-23-41(56)36(29-34)35-27-33(20-22-40(35)55)28-37(48(62)63)50-46(60)31(2)26-42(45)57;4-3(1-5)2-6/h20-23,27,29,33-34,37,40-41,48,57-59,61-62H,6-19,24-26,28,30-32H2,1-5H3,(H,52,68)(H,53,67)(H,54,66);20-23,27,29,31-32,37-38,45,53,55-56H,6-19,24-26,28,30H2,1-5H3,(H,49,61)(H,50,60)(H,62,63);3,5-6H,1-2,4H2/t33-,34-,40+,41-,48+;31-,32-,37+,38-,45+;/m11./s1.